The molecule has 188 valence electrons. The van der Waals surface area contributed by atoms with Crippen LogP contribution in [-0.4, -0.2) is 76.7 Å². The highest BCUT2D eigenvalue weighted by atomic mass is 32.1. The highest BCUT2D eigenvalue weighted by Crippen LogP contribution is 2.40. The molecule has 2 bridgehead atoms. The normalized spacial score (nSPS) is 24.8. The van der Waals surface area contributed by atoms with Crippen LogP contribution < -0.4 is 15.0 Å². The van der Waals surface area contributed by atoms with E-state index in [9.17, 15) is 14.4 Å². The van der Waals surface area contributed by atoms with Gasteiger partial charge in [-0.2, -0.15) is 0 Å². The number of carbonyl (C=O) groups excluding carboxylic acids is 2. The lowest BCUT2D eigenvalue weighted by atomic mass is 9.75. The molecule has 9 nitrogen and oxygen atoms in total. The standard InChI is InChI=1S/C26H28N4O5S/c1-27-23(32)26(24(33)28(2)25(27)36,10-16-6-7-20-21(9-16)35-15-34-20)14-29-11-17-8-18(13-29)19-4-3-5-22(31)30(19)12-17/h3-7,9,17-18H,8,10-15H2,1-2H3. The highest BCUT2D eigenvalue weighted by molar-refractivity contribution is 7.80. The Bertz CT molecular complexity index is 1320. The first-order valence-electron chi connectivity index (χ1n) is 12.2. The van der Waals surface area contributed by atoms with Crippen molar-refractivity contribution in [3.05, 3.63) is 58.0 Å². The smallest absolute Gasteiger partial charge is 0.250 e. The van der Waals surface area contributed by atoms with Crippen LogP contribution in [0.2, 0.25) is 0 Å². The molecule has 0 saturated carbocycles. The van der Waals surface area contributed by atoms with E-state index in [1.165, 1.54) is 9.80 Å². The van der Waals surface area contributed by atoms with Crippen molar-refractivity contribution >= 4 is 29.1 Å². The summed E-state index contributed by atoms with van der Waals surface area (Å²) in [7, 11) is 3.27. The third kappa shape index (κ3) is 3.54. The van der Waals surface area contributed by atoms with Crippen LogP contribution in [-0.2, 0) is 22.6 Å². The number of fused-ring (bicyclic) bond motifs is 5. The first-order valence-corrected chi connectivity index (χ1v) is 12.6. The summed E-state index contributed by atoms with van der Waals surface area (Å²) in [6.45, 7) is 2.49. The van der Waals surface area contributed by atoms with Crippen LogP contribution in [0.25, 0.3) is 0 Å². The Balaban J connectivity index is 1.35. The topological polar surface area (TPSA) is 84.3 Å². The van der Waals surface area contributed by atoms with Gasteiger partial charge in [-0.05, 0) is 54.7 Å². The van der Waals surface area contributed by atoms with Gasteiger partial charge in [-0.25, -0.2) is 0 Å². The van der Waals surface area contributed by atoms with Gasteiger partial charge in [-0.1, -0.05) is 12.1 Å². The SMILES string of the molecule is CN1C(=O)C(Cc2ccc3c(c2)OCO3)(CN2CC3CC(C2)c2cccc(=O)n2C3)C(=O)N(C)C1=S. The molecule has 10 heteroatoms. The number of hydrogen-bond donors (Lipinski definition) is 0. The molecule has 4 aliphatic heterocycles. The molecule has 36 heavy (non-hydrogen) atoms. The van der Waals surface area contributed by atoms with E-state index in [-0.39, 0.29) is 54.1 Å². The predicted octanol–water partition coefficient (Wildman–Crippen LogP) is 1.44. The first kappa shape index (κ1) is 23.2. The van der Waals surface area contributed by atoms with Crippen molar-refractivity contribution in [1.29, 1.82) is 0 Å². The van der Waals surface area contributed by atoms with E-state index in [0.29, 0.717) is 24.6 Å². The average Bonchev–Trinajstić information content (AvgIpc) is 3.34. The quantitative estimate of drug-likeness (QED) is 0.457. The van der Waals surface area contributed by atoms with E-state index in [1.807, 2.05) is 34.9 Å². The second-order valence-corrected chi connectivity index (χ2v) is 10.7. The number of rotatable bonds is 4. The summed E-state index contributed by atoms with van der Waals surface area (Å²) in [4.78, 5) is 45.3. The molecule has 2 amide bonds. The zero-order valence-electron chi connectivity index (χ0n) is 20.3. The van der Waals surface area contributed by atoms with Crippen LogP contribution in [0.1, 0.15) is 23.6 Å². The minimum atomic E-state index is -1.33. The fourth-order valence-electron chi connectivity index (χ4n) is 6.38. The summed E-state index contributed by atoms with van der Waals surface area (Å²) < 4.78 is 12.9. The van der Waals surface area contributed by atoms with Crippen molar-refractivity contribution in [2.24, 2.45) is 11.3 Å². The number of thiocarbonyl (C=S) groups is 1. The van der Waals surface area contributed by atoms with Crippen LogP contribution in [0.3, 0.4) is 0 Å². The van der Waals surface area contributed by atoms with Gasteiger partial charge in [0.15, 0.2) is 16.6 Å². The third-order valence-corrected chi connectivity index (χ3v) is 8.54. The summed E-state index contributed by atoms with van der Waals surface area (Å²) in [5.74, 6) is 1.15. The van der Waals surface area contributed by atoms with E-state index < -0.39 is 5.41 Å². The predicted molar refractivity (Wildman–Crippen MR) is 135 cm³/mol. The van der Waals surface area contributed by atoms with Gasteiger partial charge < -0.3 is 18.9 Å². The number of aromatic nitrogens is 1. The van der Waals surface area contributed by atoms with E-state index in [2.05, 4.69) is 4.90 Å². The molecule has 2 unspecified atom stereocenters. The van der Waals surface area contributed by atoms with Crippen molar-refractivity contribution in [3.63, 3.8) is 0 Å². The monoisotopic (exact) mass is 508 g/mol. The van der Waals surface area contributed by atoms with Gasteiger partial charge in [0.25, 0.3) is 5.56 Å². The van der Waals surface area contributed by atoms with E-state index in [1.54, 1.807) is 20.2 Å². The zero-order valence-corrected chi connectivity index (χ0v) is 21.1. The molecule has 0 aliphatic carbocycles. The molecule has 0 spiro atoms. The molecule has 6 rings (SSSR count). The van der Waals surface area contributed by atoms with Crippen LogP contribution in [0.15, 0.2) is 41.2 Å². The van der Waals surface area contributed by atoms with Gasteiger partial charge in [0.2, 0.25) is 18.6 Å². The van der Waals surface area contributed by atoms with Crippen LogP contribution in [0.5, 0.6) is 11.5 Å². The minimum absolute atomic E-state index is 0.0318. The molecule has 0 N–H and O–H groups in total. The number of likely N-dealkylation sites (tertiary alicyclic amines) is 1. The largest absolute Gasteiger partial charge is 0.454 e. The molecule has 5 heterocycles. The summed E-state index contributed by atoms with van der Waals surface area (Å²) >= 11 is 5.39. The lowest BCUT2D eigenvalue weighted by Crippen LogP contribution is -2.67. The second kappa shape index (κ2) is 8.41. The molecule has 1 aromatic carbocycles. The number of nitrogens with zero attached hydrogens (tertiary/aromatic N) is 4. The maximum absolute atomic E-state index is 13.9. The van der Waals surface area contributed by atoms with Crippen LogP contribution in [0.4, 0.5) is 0 Å². The molecular formula is C26H28N4O5S. The number of benzene rings is 1. The van der Waals surface area contributed by atoms with E-state index in [0.717, 1.165) is 24.2 Å². The zero-order chi connectivity index (χ0) is 25.2. The molecule has 2 atom stereocenters. The molecule has 0 radical (unpaired) electrons. The van der Waals surface area contributed by atoms with Crippen molar-refractivity contribution in [2.45, 2.75) is 25.3 Å². The van der Waals surface area contributed by atoms with Crippen LogP contribution in [0, 0.1) is 11.3 Å². The number of amides is 2. The van der Waals surface area contributed by atoms with Gasteiger partial charge in [0, 0.05) is 58.0 Å². The minimum Gasteiger partial charge on any atom is -0.454 e. The summed E-state index contributed by atoms with van der Waals surface area (Å²) in [5.41, 5.74) is 0.556. The molecule has 2 fully saturated rings. The summed E-state index contributed by atoms with van der Waals surface area (Å²) in [6, 6.07) is 11.0. The van der Waals surface area contributed by atoms with Crippen molar-refractivity contribution in [1.82, 2.24) is 19.3 Å². The lowest BCUT2D eigenvalue weighted by molar-refractivity contribution is -0.157. The Kier molecular flexibility index (Phi) is 5.42. The molecule has 2 aromatic rings. The number of hydrogen-bond acceptors (Lipinski definition) is 7. The maximum atomic E-state index is 13.9. The number of carbonyl (C=O) groups is 2. The Morgan fingerprint density at radius 1 is 0.972 bits per heavy atom. The lowest BCUT2D eigenvalue weighted by Gasteiger charge is -2.48. The fourth-order valence-corrected chi connectivity index (χ4v) is 6.55. The number of piperidine rings is 1. The molecule has 2 saturated heterocycles. The van der Waals surface area contributed by atoms with Crippen molar-refractivity contribution in [3.8, 4) is 11.5 Å². The molecule has 1 aromatic heterocycles. The van der Waals surface area contributed by atoms with Gasteiger partial charge in [-0.3, -0.25) is 24.2 Å². The van der Waals surface area contributed by atoms with Gasteiger partial charge in [0.1, 0.15) is 5.41 Å². The molecular weight excluding hydrogens is 480 g/mol. The van der Waals surface area contributed by atoms with E-state index >= 15 is 0 Å². The molecule has 4 aliphatic rings. The average molecular weight is 509 g/mol. The van der Waals surface area contributed by atoms with Gasteiger partial charge in [0.05, 0.1) is 0 Å². The first-order chi connectivity index (χ1) is 17.3. The number of pyridine rings is 1. The fraction of sp³-hybridized carbons (Fsp3) is 0.462. The third-order valence-electron chi connectivity index (χ3n) is 7.99. The van der Waals surface area contributed by atoms with Crippen molar-refractivity contribution in [2.75, 3.05) is 40.5 Å². The Labute approximate surface area is 214 Å². The Morgan fingerprint density at radius 2 is 1.72 bits per heavy atom. The Hall–Kier alpha value is -3.24. The van der Waals surface area contributed by atoms with Gasteiger partial charge in [-0.15, -0.1) is 0 Å². The Morgan fingerprint density at radius 3 is 2.50 bits per heavy atom. The van der Waals surface area contributed by atoms with Gasteiger partial charge >= 0.3 is 0 Å². The van der Waals surface area contributed by atoms with Crippen LogP contribution >= 0.6 is 12.2 Å². The highest BCUT2D eigenvalue weighted by Gasteiger charge is 2.55. The maximum Gasteiger partial charge on any atom is 0.250 e. The summed E-state index contributed by atoms with van der Waals surface area (Å²) in [6.07, 6.45) is 1.22. The van der Waals surface area contributed by atoms with E-state index in [4.69, 9.17) is 21.7 Å². The second-order valence-electron chi connectivity index (χ2n) is 10.3. The summed E-state index contributed by atoms with van der Waals surface area (Å²) in [5, 5.41) is 0.204. The number of ether oxygens (including phenoxy) is 2. The van der Waals surface area contributed by atoms with Crippen molar-refractivity contribution < 1.29 is 19.1 Å².